The van der Waals surface area contributed by atoms with Gasteiger partial charge in [-0.15, -0.1) is 0 Å². The normalized spacial score (nSPS) is 10.6. The molecule has 0 bridgehead atoms. The van der Waals surface area contributed by atoms with E-state index in [0.29, 0.717) is 12.1 Å². The summed E-state index contributed by atoms with van der Waals surface area (Å²) in [5.41, 5.74) is 6.39. The fourth-order valence-corrected chi connectivity index (χ4v) is 3.87. The van der Waals surface area contributed by atoms with Gasteiger partial charge in [0.1, 0.15) is 5.69 Å². The molecule has 0 aliphatic rings. The zero-order valence-corrected chi connectivity index (χ0v) is 18.5. The number of carbonyl (C=O) groups is 2. The van der Waals surface area contributed by atoms with Gasteiger partial charge in [0.25, 0.3) is 5.91 Å². The van der Waals surface area contributed by atoms with E-state index in [1.54, 1.807) is 24.3 Å². The summed E-state index contributed by atoms with van der Waals surface area (Å²) in [6.07, 6.45) is 7.80. The third kappa shape index (κ3) is 8.06. The quantitative estimate of drug-likeness (QED) is 0.232. The highest BCUT2D eigenvalue weighted by Crippen LogP contribution is 2.30. The molecule has 31 heavy (non-hydrogen) atoms. The van der Waals surface area contributed by atoms with Crippen LogP contribution in [0.3, 0.4) is 0 Å². The molecule has 0 atom stereocenters. The van der Waals surface area contributed by atoms with E-state index in [4.69, 9.17) is 5.73 Å². The van der Waals surface area contributed by atoms with E-state index >= 15 is 0 Å². The van der Waals surface area contributed by atoms with Crippen molar-refractivity contribution in [2.45, 2.75) is 58.3 Å². The molecule has 1 heterocycles. The topological polar surface area (TPSA) is 140 Å². The number of thiazole rings is 1. The molecule has 0 aliphatic heterocycles. The Labute approximate surface area is 185 Å². The lowest BCUT2D eigenvalue weighted by Gasteiger charge is -2.10. The van der Waals surface area contributed by atoms with Crippen LogP contribution < -0.4 is 16.4 Å². The predicted molar refractivity (Wildman–Crippen MR) is 123 cm³/mol. The lowest BCUT2D eigenvalue weighted by Crippen LogP contribution is -2.18. The molecule has 0 fully saturated rings. The Morgan fingerprint density at radius 3 is 2.35 bits per heavy atom. The summed E-state index contributed by atoms with van der Waals surface area (Å²) in [6, 6.07) is 6.65. The van der Waals surface area contributed by atoms with Crippen molar-refractivity contribution in [3.05, 3.63) is 45.6 Å². The first kappa shape index (κ1) is 24.4. The number of anilines is 2. The van der Waals surface area contributed by atoms with Crippen molar-refractivity contribution in [1.29, 1.82) is 0 Å². The molecule has 0 radical (unpaired) electrons. The minimum absolute atomic E-state index is 0.115. The van der Waals surface area contributed by atoms with Gasteiger partial charge in [-0.2, -0.15) is 0 Å². The Balaban J connectivity index is 1.85. The van der Waals surface area contributed by atoms with E-state index in [1.165, 1.54) is 13.3 Å². The molecule has 0 spiro atoms. The fourth-order valence-electron chi connectivity index (χ4n) is 3.09. The highest BCUT2D eigenvalue weighted by Gasteiger charge is 2.20. The minimum atomic E-state index is -0.531. The van der Waals surface area contributed by atoms with Crippen molar-refractivity contribution in [2.24, 2.45) is 5.73 Å². The third-order valence-corrected chi connectivity index (χ3v) is 5.74. The van der Waals surface area contributed by atoms with Gasteiger partial charge in [-0.1, -0.05) is 44.2 Å². The van der Waals surface area contributed by atoms with Gasteiger partial charge in [0.05, 0.1) is 16.2 Å². The summed E-state index contributed by atoms with van der Waals surface area (Å²) >= 11 is 0.796. The summed E-state index contributed by atoms with van der Waals surface area (Å²) < 4.78 is 0. The minimum Gasteiger partial charge on any atom is -0.330 e. The molecule has 0 unspecified atom stereocenters. The first-order valence-electron chi connectivity index (χ1n) is 10.4. The molecule has 1 aromatic heterocycles. The first-order valence-corrected chi connectivity index (χ1v) is 11.3. The second-order valence-corrected chi connectivity index (χ2v) is 8.21. The Morgan fingerprint density at radius 2 is 1.71 bits per heavy atom. The highest BCUT2D eigenvalue weighted by molar-refractivity contribution is 7.19. The molecule has 168 valence electrons. The Bertz CT molecular complexity index is 900. The third-order valence-electron chi connectivity index (χ3n) is 4.71. The maximum atomic E-state index is 12.6. The molecule has 9 nitrogen and oxygen atoms in total. The van der Waals surface area contributed by atoms with Crippen molar-refractivity contribution < 1.29 is 14.5 Å². The number of amides is 2. The van der Waals surface area contributed by atoms with Crippen molar-refractivity contribution in [2.75, 3.05) is 17.2 Å². The molecule has 0 saturated carbocycles. The lowest BCUT2D eigenvalue weighted by atomic mass is 10.1. The molecule has 2 aromatic rings. The second kappa shape index (κ2) is 12.8. The van der Waals surface area contributed by atoms with Gasteiger partial charge < -0.3 is 11.1 Å². The van der Waals surface area contributed by atoms with E-state index in [1.807, 2.05) is 0 Å². The van der Waals surface area contributed by atoms with Crippen molar-refractivity contribution >= 4 is 39.0 Å². The van der Waals surface area contributed by atoms with E-state index in [-0.39, 0.29) is 27.3 Å². The van der Waals surface area contributed by atoms with Crippen LogP contribution in [0.1, 0.15) is 67.4 Å². The fraction of sp³-hybridized carbons (Fsp3) is 0.476. The number of nitrogens with two attached hydrogens (primary N) is 1. The summed E-state index contributed by atoms with van der Waals surface area (Å²) in [5, 5.41) is 16.4. The van der Waals surface area contributed by atoms with Crippen LogP contribution >= 0.6 is 11.3 Å². The van der Waals surface area contributed by atoms with Crippen LogP contribution in [0.4, 0.5) is 15.8 Å². The lowest BCUT2D eigenvalue weighted by molar-refractivity contribution is -0.380. The van der Waals surface area contributed by atoms with E-state index in [9.17, 15) is 19.7 Å². The van der Waals surface area contributed by atoms with Gasteiger partial charge >= 0.3 is 5.00 Å². The molecular weight excluding hydrogens is 418 g/mol. The SMILES string of the molecule is Cc1nc(NC(=O)c2ccccc2NC(=O)CCCCCCCCCN)sc1[N+](=O)[O-]. The number of unbranched alkanes of at least 4 members (excludes halogenated alkanes) is 6. The van der Waals surface area contributed by atoms with Crippen LogP contribution in [0.25, 0.3) is 0 Å². The number of nitro groups is 1. The molecule has 1 aromatic carbocycles. The van der Waals surface area contributed by atoms with Gasteiger partial charge in [0, 0.05) is 6.42 Å². The van der Waals surface area contributed by atoms with E-state index in [2.05, 4.69) is 15.6 Å². The van der Waals surface area contributed by atoms with Gasteiger partial charge in [-0.25, -0.2) is 4.98 Å². The number of rotatable bonds is 13. The van der Waals surface area contributed by atoms with Crippen LogP contribution in [-0.2, 0) is 4.79 Å². The van der Waals surface area contributed by atoms with Crippen molar-refractivity contribution in [3.63, 3.8) is 0 Å². The Hall–Kier alpha value is -2.85. The smallest absolute Gasteiger partial charge is 0.330 e. The van der Waals surface area contributed by atoms with Crippen molar-refractivity contribution in [1.82, 2.24) is 4.98 Å². The van der Waals surface area contributed by atoms with Crippen LogP contribution in [0.2, 0.25) is 0 Å². The maximum Gasteiger partial charge on any atom is 0.348 e. The second-order valence-electron chi connectivity index (χ2n) is 7.23. The average Bonchev–Trinajstić information content (AvgIpc) is 3.10. The highest BCUT2D eigenvalue weighted by atomic mass is 32.1. The standard InChI is InChI=1S/C21H29N5O4S/c1-15-20(26(29)30)31-21(23-15)25-19(28)16-11-8-9-12-17(16)24-18(27)13-7-5-3-2-4-6-10-14-22/h8-9,11-12H,2-7,10,13-14,22H2,1H3,(H,24,27)(H,23,25,28). The number of carbonyl (C=O) groups excluding carboxylic acids is 2. The first-order chi connectivity index (χ1) is 14.9. The molecule has 10 heteroatoms. The Kier molecular flexibility index (Phi) is 10.0. The maximum absolute atomic E-state index is 12.6. The van der Waals surface area contributed by atoms with Gasteiger partial charge in [-0.05, 0) is 49.8 Å². The zero-order valence-electron chi connectivity index (χ0n) is 17.7. The molecule has 2 amide bonds. The number of para-hydroxylation sites is 1. The summed E-state index contributed by atoms with van der Waals surface area (Å²) in [4.78, 5) is 39.4. The molecular formula is C21H29N5O4S. The van der Waals surface area contributed by atoms with E-state index in [0.717, 1.165) is 56.4 Å². The molecule has 0 aliphatic carbocycles. The molecule has 2 rings (SSSR count). The predicted octanol–water partition coefficient (Wildman–Crippen LogP) is 4.63. The van der Waals surface area contributed by atoms with Gasteiger partial charge in [0.15, 0.2) is 5.13 Å². The van der Waals surface area contributed by atoms with Crippen LogP contribution in [0.5, 0.6) is 0 Å². The van der Waals surface area contributed by atoms with Crippen LogP contribution in [-0.4, -0.2) is 28.3 Å². The molecule has 0 saturated heterocycles. The van der Waals surface area contributed by atoms with Gasteiger partial charge in [0.2, 0.25) is 5.91 Å². The number of benzene rings is 1. The number of aryl methyl sites for hydroxylation is 1. The Morgan fingerprint density at radius 1 is 1.06 bits per heavy atom. The van der Waals surface area contributed by atoms with Gasteiger partial charge in [-0.3, -0.25) is 25.0 Å². The van der Waals surface area contributed by atoms with Crippen molar-refractivity contribution in [3.8, 4) is 0 Å². The number of nitrogens with one attached hydrogen (secondary N) is 2. The largest absolute Gasteiger partial charge is 0.348 e. The zero-order chi connectivity index (χ0) is 22.6. The summed E-state index contributed by atoms with van der Waals surface area (Å²) in [5.74, 6) is -0.638. The monoisotopic (exact) mass is 447 g/mol. The van der Waals surface area contributed by atoms with E-state index < -0.39 is 10.8 Å². The average molecular weight is 448 g/mol. The molecule has 4 N–H and O–H groups in total. The van der Waals surface area contributed by atoms with Crippen LogP contribution in [0, 0.1) is 17.0 Å². The number of hydrogen-bond acceptors (Lipinski definition) is 7. The number of nitrogens with zero attached hydrogens (tertiary/aromatic N) is 2. The summed E-state index contributed by atoms with van der Waals surface area (Å²) in [7, 11) is 0. The number of hydrogen-bond donors (Lipinski definition) is 3. The number of aromatic nitrogens is 1. The summed E-state index contributed by atoms with van der Waals surface area (Å²) in [6.45, 7) is 2.25. The van der Waals surface area contributed by atoms with Crippen LogP contribution in [0.15, 0.2) is 24.3 Å².